The molecule has 0 aromatic carbocycles. The molecule has 31 valence electrons. The van der Waals surface area contributed by atoms with Crippen molar-refractivity contribution in [3.63, 3.8) is 0 Å². The minimum Gasteiger partial charge on any atom is -0.235 e. The van der Waals surface area contributed by atoms with Gasteiger partial charge in [0.15, 0.2) is 0 Å². The Hall–Kier alpha value is 1.42. The lowest BCUT2D eigenvalue weighted by Gasteiger charge is -1.82. The molecular weight excluding hydrogens is 294 g/mol. The fraction of sp³-hybridized carbons (Fsp3) is 1.00. The number of halogens is 2. The molecule has 0 aromatic rings. The second kappa shape index (κ2) is 3.60. The maximum atomic E-state index is 9.61. The predicted molar refractivity (Wildman–Crippen MR) is 37.4 cm³/mol. The van der Waals surface area contributed by atoms with Crippen molar-refractivity contribution in [2.75, 3.05) is 6.61 Å². The van der Waals surface area contributed by atoms with E-state index in [9.17, 15) is 5.11 Å². The normalized spacial score (nSPS) is 9.60. The molecule has 0 aliphatic carbocycles. The maximum absolute atomic E-state index is 9.61. The van der Waals surface area contributed by atoms with Gasteiger partial charge in [0.05, 0.1) is 1.93 Å². The van der Waals surface area contributed by atoms with Crippen LogP contribution in [-0.4, -0.2) is 8.54 Å². The number of alkyl halides is 2. The second-order valence-electron chi connectivity index (χ2n) is 0.558. The van der Waals surface area contributed by atoms with E-state index in [1.165, 1.54) is 0 Å². The summed E-state index contributed by atoms with van der Waals surface area (Å²) < 4.78 is 0.269. The van der Waals surface area contributed by atoms with Gasteiger partial charge in [0.2, 0.25) is 0 Å². The molecule has 1 radical (unpaired) electrons. The van der Waals surface area contributed by atoms with E-state index in [1.807, 2.05) is 0 Å². The van der Waals surface area contributed by atoms with Gasteiger partial charge in [-0.15, -0.1) is 0 Å². The van der Waals surface area contributed by atoms with Crippen LogP contribution in [0.25, 0.3) is 0 Å². The van der Waals surface area contributed by atoms with Crippen LogP contribution in [0.2, 0.25) is 0 Å². The Morgan fingerprint density at radius 3 is 1.80 bits per heavy atom. The fourth-order valence-electron chi connectivity index (χ4n) is 0. The highest BCUT2D eigenvalue weighted by Crippen LogP contribution is 2.06. The Balaban J connectivity index is 2.54. The number of hydrogen-bond acceptors (Lipinski definition) is 0. The van der Waals surface area contributed by atoms with E-state index in [-0.39, 0.29) is 8.54 Å². The molecule has 0 saturated carbocycles. The standard InChI is InChI=1S/C2H3I2O/c3-2(4)1-5/h2H,1H2. The molecule has 0 bridgehead atoms. The Morgan fingerprint density at radius 1 is 1.60 bits per heavy atom. The van der Waals surface area contributed by atoms with E-state index in [0.717, 1.165) is 0 Å². The summed E-state index contributed by atoms with van der Waals surface area (Å²) in [5.74, 6) is 0. The zero-order valence-electron chi connectivity index (χ0n) is 2.45. The summed E-state index contributed by atoms with van der Waals surface area (Å²) in [6.07, 6.45) is 0. The monoisotopic (exact) mass is 297 g/mol. The fourth-order valence-corrected chi connectivity index (χ4v) is 0. The number of rotatable bonds is 1. The van der Waals surface area contributed by atoms with E-state index in [4.69, 9.17) is 0 Å². The average molecular weight is 297 g/mol. The molecular formula is C2H3I2O. The lowest BCUT2D eigenvalue weighted by molar-refractivity contribution is 0.214. The van der Waals surface area contributed by atoms with Gasteiger partial charge in [0, 0.05) is 0 Å². The highest BCUT2D eigenvalue weighted by Gasteiger charge is 1.88. The molecule has 0 saturated heterocycles. The minimum atomic E-state index is 0.0289. The third-order valence-corrected chi connectivity index (χ3v) is 0.845. The Labute approximate surface area is 58.4 Å². The van der Waals surface area contributed by atoms with Crippen LogP contribution in [0, 0.1) is 0 Å². The van der Waals surface area contributed by atoms with Gasteiger partial charge >= 0.3 is 0 Å². The zero-order chi connectivity index (χ0) is 4.28. The molecule has 0 spiro atoms. The van der Waals surface area contributed by atoms with Gasteiger partial charge in [-0.25, -0.2) is 5.11 Å². The van der Waals surface area contributed by atoms with Gasteiger partial charge in [-0.2, -0.15) is 0 Å². The van der Waals surface area contributed by atoms with E-state index in [0.29, 0.717) is 0 Å². The molecule has 0 aliphatic heterocycles. The van der Waals surface area contributed by atoms with Crippen LogP contribution in [0.15, 0.2) is 0 Å². The summed E-state index contributed by atoms with van der Waals surface area (Å²) in [5.41, 5.74) is 0. The molecule has 0 fully saturated rings. The van der Waals surface area contributed by atoms with E-state index in [2.05, 4.69) is 45.2 Å². The summed E-state index contributed by atoms with van der Waals surface area (Å²) in [4.78, 5) is 0. The predicted octanol–water partition coefficient (Wildman–Crippen LogP) is 1.61. The van der Waals surface area contributed by atoms with Crippen LogP contribution in [0.5, 0.6) is 0 Å². The Kier molecular flexibility index (Phi) is 4.63. The molecule has 5 heavy (non-hydrogen) atoms. The van der Waals surface area contributed by atoms with Gasteiger partial charge in [-0.3, -0.25) is 0 Å². The van der Waals surface area contributed by atoms with Crippen molar-refractivity contribution in [3.05, 3.63) is 0 Å². The van der Waals surface area contributed by atoms with Gasteiger partial charge in [0.1, 0.15) is 6.61 Å². The first-order valence-corrected chi connectivity index (χ1v) is 3.62. The SMILES string of the molecule is [O]CC(I)I. The van der Waals surface area contributed by atoms with Gasteiger partial charge < -0.3 is 0 Å². The van der Waals surface area contributed by atoms with Gasteiger partial charge in [-0.1, -0.05) is 45.2 Å². The first kappa shape index (κ1) is 6.42. The summed E-state index contributed by atoms with van der Waals surface area (Å²) in [6, 6.07) is 0. The highest BCUT2D eigenvalue weighted by molar-refractivity contribution is 14.2. The lowest BCUT2D eigenvalue weighted by atomic mass is 10.9. The molecule has 0 N–H and O–H groups in total. The Bertz CT molecular complexity index is 21.6. The van der Waals surface area contributed by atoms with Gasteiger partial charge in [-0.05, 0) is 0 Å². The summed E-state index contributed by atoms with van der Waals surface area (Å²) in [5, 5.41) is 9.61. The van der Waals surface area contributed by atoms with Crippen molar-refractivity contribution < 1.29 is 5.11 Å². The van der Waals surface area contributed by atoms with E-state index < -0.39 is 0 Å². The van der Waals surface area contributed by atoms with Crippen LogP contribution < -0.4 is 0 Å². The second-order valence-corrected chi connectivity index (χ2v) is 5.95. The smallest absolute Gasteiger partial charge is 0.103 e. The van der Waals surface area contributed by atoms with Crippen molar-refractivity contribution in [2.45, 2.75) is 1.93 Å². The molecule has 0 amide bonds. The van der Waals surface area contributed by atoms with Gasteiger partial charge in [0.25, 0.3) is 0 Å². The molecule has 0 aromatic heterocycles. The quantitative estimate of drug-likeness (QED) is 0.518. The topological polar surface area (TPSA) is 19.9 Å². The largest absolute Gasteiger partial charge is 0.235 e. The van der Waals surface area contributed by atoms with Crippen molar-refractivity contribution in [3.8, 4) is 0 Å². The summed E-state index contributed by atoms with van der Waals surface area (Å²) in [6.45, 7) is 0.0289. The molecule has 0 heterocycles. The van der Waals surface area contributed by atoms with Crippen LogP contribution in [-0.2, 0) is 5.11 Å². The van der Waals surface area contributed by atoms with Crippen molar-refractivity contribution in [1.82, 2.24) is 0 Å². The molecule has 0 aliphatic rings. The molecule has 0 rings (SSSR count). The van der Waals surface area contributed by atoms with Crippen molar-refractivity contribution in [2.24, 2.45) is 0 Å². The first-order valence-electron chi connectivity index (χ1n) is 1.13. The van der Waals surface area contributed by atoms with E-state index in [1.54, 1.807) is 0 Å². The lowest BCUT2D eigenvalue weighted by Crippen LogP contribution is -1.86. The number of hydrogen-bond donors (Lipinski definition) is 0. The third-order valence-electron chi connectivity index (χ3n) is 0.126. The van der Waals surface area contributed by atoms with Crippen molar-refractivity contribution in [1.29, 1.82) is 0 Å². The Morgan fingerprint density at radius 2 is 1.80 bits per heavy atom. The van der Waals surface area contributed by atoms with Crippen LogP contribution in [0.3, 0.4) is 0 Å². The molecule has 0 unspecified atom stereocenters. The minimum absolute atomic E-state index is 0.0289. The summed E-state index contributed by atoms with van der Waals surface area (Å²) >= 11 is 4.16. The molecule has 3 heteroatoms. The first-order chi connectivity index (χ1) is 2.27. The average Bonchev–Trinajstić information content (AvgIpc) is 1.38. The van der Waals surface area contributed by atoms with Crippen LogP contribution in [0.4, 0.5) is 0 Å². The zero-order valence-corrected chi connectivity index (χ0v) is 6.76. The highest BCUT2D eigenvalue weighted by atomic mass is 127. The maximum Gasteiger partial charge on any atom is 0.103 e. The van der Waals surface area contributed by atoms with Crippen LogP contribution in [0.1, 0.15) is 0 Å². The molecule has 0 atom stereocenters. The third kappa shape index (κ3) is 5.42. The van der Waals surface area contributed by atoms with E-state index >= 15 is 0 Å². The summed E-state index contributed by atoms with van der Waals surface area (Å²) in [7, 11) is 0. The van der Waals surface area contributed by atoms with Crippen LogP contribution >= 0.6 is 45.2 Å². The van der Waals surface area contributed by atoms with Crippen molar-refractivity contribution >= 4 is 45.2 Å². The molecule has 1 nitrogen and oxygen atoms in total.